The topological polar surface area (TPSA) is 94.1 Å². The Kier molecular flexibility index (Phi) is 4.68. The molecule has 1 aromatic heterocycles. The number of alkyl halides is 3. The van der Waals surface area contributed by atoms with Crippen LogP contribution in [0.15, 0.2) is 10.5 Å². The zero-order chi connectivity index (χ0) is 22.2. The Morgan fingerprint density at radius 2 is 1.77 bits per heavy atom. The molecule has 1 fully saturated rings. The van der Waals surface area contributed by atoms with Gasteiger partial charge in [0, 0.05) is 10.9 Å². The minimum atomic E-state index is -4.54. The van der Waals surface area contributed by atoms with Gasteiger partial charge < -0.3 is 24.7 Å². The zero-order valence-electron chi connectivity index (χ0n) is 17.2. The van der Waals surface area contributed by atoms with Crippen molar-refractivity contribution in [1.82, 2.24) is 0 Å². The zero-order valence-corrected chi connectivity index (χ0v) is 17.2. The lowest BCUT2D eigenvalue weighted by Crippen LogP contribution is -2.44. The van der Waals surface area contributed by atoms with Crippen LogP contribution in [-0.4, -0.2) is 33.6 Å². The van der Waals surface area contributed by atoms with E-state index >= 15 is 0 Å². The summed E-state index contributed by atoms with van der Waals surface area (Å²) in [5.41, 5.74) is -1.21. The number of benzene rings is 1. The van der Waals surface area contributed by atoms with Crippen LogP contribution in [0.5, 0.6) is 11.5 Å². The highest BCUT2D eigenvalue weighted by Gasteiger charge is 2.56. The minimum Gasteiger partial charge on any atom is -0.504 e. The molecule has 164 valence electrons. The molecule has 1 saturated carbocycles. The lowest BCUT2D eigenvalue weighted by molar-refractivity contribution is -0.156. The Labute approximate surface area is 172 Å². The Hall–Kier alpha value is -1.87. The van der Waals surface area contributed by atoms with Crippen LogP contribution in [-0.2, 0) is 5.41 Å². The molecule has 4 rings (SSSR count). The van der Waals surface area contributed by atoms with Crippen molar-refractivity contribution in [2.75, 3.05) is 0 Å². The molecule has 0 spiro atoms. The smallest absolute Gasteiger partial charge is 0.496 e. The van der Waals surface area contributed by atoms with E-state index in [1.807, 2.05) is 6.92 Å². The van der Waals surface area contributed by atoms with E-state index in [-0.39, 0.29) is 34.5 Å². The van der Waals surface area contributed by atoms with Crippen LogP contribution in [0.1, 0.15) is 70.1 Å². The number of rotatable bonds is 1. The number of hydrogen-bond acceptors (Lipinski definition) is 5. The normalized spacial score (nSPS) is 28.7. The van der Waals surface area contributed by atoms with Crippen molar-refractivity contribution in [2.45, 2.75) is 70.4 Å². The van der Waals surface area contributed by atoms with Gasteiger partial charge in [0.1, 0.15) is 17.3 Å². The van der Waals surface area contributed by atoms with Crippen molar-refractivity contribution in [3.8, 4) is 11.5 Å². The molecule has 5 nitrogen and oxygen atoms in total. The molecule has 2 aromatic rings. The highest BCUT2D eigenvalue weighted by molar-refractivity contribution is 6.63. The summed E-state index contributed by atoms with van der Waals surface area (Å²) in [6.07, 6.45) is -1.89. The summed E-state index contributed by atoms with van der Waals surface area (Å²) in [7, 11) is -2.22. The SMILES string of the molecule is CC1(C)CCC[C@@]2(C)c3c(oc4c(B(O)O)c(O)c(O)cc34)C(C(F)(F)F)CC[C@H]12. The Bertz CT molecular complexity index is 997. The number of halogens is 3. The van der Waals surface area contributed by atoms with E-state index < -0.39 is 41.6 Å². The quantitative estimate of drug-likeness (QED) is 0.408. The largest absolute Gasteiger partial charge is 0.504 e. The average Bonchev–Trinajstić information content (AvgIpc) is 2.88. The molecule has 1 unspecified atom stereocenters. The Balaban J connectivity index is 2.12. The summed E-state index contributed by atoms with van der Waals surface area (Å²) in [5, 5.41) is 40.0. The highest BCUT2D eigenvalue weighted by atomic mass is 19.4. The first-order chi connectivity index (χ1) is 13.8. The second-order valence-corrected chi connectivity index (χ2v) is 9.73. The number of hydrogen-bond donors (Lipinski definition) is 4. The average molecular weight is 426 g/mol. The Morgan fingerprint density at radius 1 is 1.10 bits per heavy atom. The number of phenols is 2. The summed E-state index contributed by atoms with van der Waals surface area (Å²) in [6, 6.07) is 1.18. The van der Waals surface area contributed by atoms with Crippen molar-refractivity contribution in [3.63, 3.8) is 0 Å². The van der Waals surface area contributed by atoms with Crippen LogP contribution in [0.3, 0.4) is 0 Å². The molecule has 30 heavy (non-hydrogen) atoms. The maximum absolute atomic E-state index is 14.1. The fourth-order valence-corrected chi connectivity index (χ4v) is 6.23. The maximum Gasteiger partial charge on any atom is 0.496 e. The van der Waals surface area contributed by atoms with Crippen LogP contribution in [0.25, 0.3) is 11.0 Å². The molecule has 1 heterocycles. The summed E-state index contributed by atoms with van der Waals surface area (Å²) in [6.45, 7) is 6.11. The molecular formula is C21H26BF3O5. The van der Waals surface area contributed by atoms with Gasteiger partial charge in [0.05, 0.1) is 5.46 Å². The lowest BCUT2D eigenvalue weighted by atomic mass is 9.53. The summed E-state index contributed by atoms with van der Waals surface area (Å²) in [5.74, 6) is -3.57. The van der Waals surface area contributed by atoms with Crippen LogP contribution >= 0.6 is 0 Å². The van der Waals surface area contributed by atoms with E-state index in [0.717, 1.165) is 12.8 Å². The second kappa shape index (κ2) is 6.56. The molecule has 2 aliphatic rings. The molecule has 4 N–H and O–H groups in total. The van der Waals surface area contributed by atoms with Gasteiger partial charge in [0.15, 0.2) is 11.5 Å². The molecule has 0 radical (unpaired) electrons. The first kappa shape index (κ1) is 21.4. The molecule has 0 saturated heterocycles. The second-order valence-electron chi connectivity index (χ2n) is 9.73. The third-order valence-electron chi connectivity index (χ3n) is 7.51. The summed E-state index contributed by atoms with van der Waals surface area (Å²) in [4.78, 5) is 0. The standard InChI is InChI=1S/C21H26BF3O5/c1-19(2)7-4-8-20(3)13(19)6-5-11(21(23,24)25)18-14(20)10-9-12(26)16(27)15(22(28)29)17(10)30-18/h9,11,13,26-29H,4-8H2,1-3H3/t11?,13-,20-/m1/s1. The van der Waals surface area contributed by atoms with Crippen LogP contribution in [0, 0.1) is 11.3 Å². The molecule has 1 aromatic carbocycles. The third-order valence-corrected chi connectivity index (χ3v) is 7.51. The first-order valence-corrected chi connectivity index (χ1v) is 10.2. The first-order valence-electron chi connectivity index (χ1n) is 10.2. The number of phenolic OH excluding ortho intramolecular Hbond substituents is 2. The molecule has 0 aliphatic heterocycles. The highest BCUT2D eigenvalue weighted by Crippen LogP contribution is 2.61. The molecule has 2 aliphatic carbocycles. The molecular weight excluding hydrogens is 400 g/mol. The molecule has 3 atom stereocenters. The fraction of sp³-hybridized carbons (Fsp3) is 0.619. The van der Waals surface area contributed by atoms with E-state index in [0.29, 0.717) is 18.4 Å². The molecule has 9 heteroatoms. The van der Waals surface area contributed by atoms with Gasteiger partial charge in [-0.3, -0.25) is 0 Å². The minimum absolute atomic E-state index is 0.0518. The van der Waals surface area contributed by atoms with Crippen molar-refractivity contribution in [1.29, 1.82) is 0 Å². The van der Waals surface area contributed by atoms with Gasteiger partial charge in [-0.2, -0.15) is 13.2 Å². The van der Waals surface area contributed by atoms with Crippen molar-refractivity contribution < 1.29 is 37.8 Å². The van der Waals surface area contributed by atoms with Gasteiger partial charge in [-0.25, -0.2) is 0 Å². The van der Waals surface area contributed by atoms with Crippen LogP contribution in [0.4, 0.5) is 13.2 Å². The fourth-order valence-electron chi connectivity index (χ4n) is 6.23. The van der Waals surface area contributed by atoms with Crippen molar-refractivity contribution in [3.05, 3.63) is 17.4 Å². The lowest BCUT2D eigenvalue weighted by Gasteiger charge is -2.50. The molecule has 0 amide bonds. The molecule has 0 bridgehead atoms. The number of aromatic hydroxyl groups is 2. The van der Waals surface area contributed by atoms with Gasteiger partial charge >= 0.3 is 13.3 Å². The van der Waals surface area contributed by atoms with Gasteiger partial charge in [-0.1, -0.05) is 27.2 Å². The van der Waals surface area contributed by atoms with E-state index in [1.54, 1.807) is 0 Å². The monoisotopic (exact) mass is 426 g/mol. The maximum atomic E-state index is 14.1. The van der Waals surface area contributed by atoms with Crippen LogP contribution in [0.2, 0.25) is 0 Å². The van der Waals surface area contributed by atoms with E-state index in [1.165, 1.54) is 6.07 Å². The van der Waals surface area contributed by atoms with Gasteiger partial charge in [-0.15, -0.1) is 0 Å². The summed E-state index contributed by atoms with van der Waals surface area (Å²) < 4.78 is 48.0. The van der Waals surface area contributed by atoms with Crippen molar-refractivity contribution in [2.24, 2.45) is 11.3 Å². The van der Waals surface area contributed by atoms with Gasteiger partial charge in [0.25, 0.3) is 0 Å². The van der Waals surface area contributed by atoms with Gasteiger partial charge in [0.2, 0.25) is 0 Å². The van der Waals surface area contributed by atoms with E-state index in [4.69, 9.17) is 4.42 Å². The Morgan fingerprint density at radius 3 is 2.37 bits per heavy atom. The van der Waals surface area contributed by atoms with E-state index in [9.17, 15) is 33.4 Å². The number of fused-ring (bicyclic) bond motifs is 5. The predicted molar refractivity (Wildman–Crippen MR) is 106 cm³/mol. The van der Waals surface area contributed by atoms with Crippen LogP contribution < -0.4 is 5.46 Å². The summed E-state index contributed by atoms with van der Waals surface area (Å²) >= 11 is 0. The number of furan rings is 1. The third kappa shape index (κ3) is 2.92. The van der Waals surface area contributed by atoms with Crippen molar-refractivity contribution >= 4 is 23.6 Å². The van der Waals surface area contributed by atoms with E-state index in [2.05, 4.69) is 13.8 Å². The predicted octanol–water partition coefficient (Wildman–Crippen LogP) is 4.05. The van der Waals surface area contributed by atoms with Gasteiger partial charge in [-0.05, 0) is 48.5 Å².